The van der Waals surface area contributed by atoms with E-state index in [-0.39, 0.29) is 17.0 Å². The minimum Gasteiger partial charge on any atom is -0.298 e. The van der Waals surface area contributed by atoms with Gasteiger partial charge in [-0.25, -0.2) is 4.68 Å². The van der Waals surface area contributed by atoms with Gasteiger partial charge in [-0.3, -0.25) is 9.59 Å². The zero-order chi connectivity index (χ0) is 16.3. The zero-order valence-corrected chi connectivity index (χ0v) is 13.5. The van der Waals surface area contributed by atoms with Crippen molar-refractivity contribution in [3.63, 3.8) is 0 Å². The second-order valence-electron chi connectivity index (χ2n) is 6.26. The maximum absolute atomic E-state index is 12.1. The summed E-state index contributed by atoms with van der Waals surface area (Å²) in [5.41, 5.74) is 2.63. The van der Waals surface area contributed by atoms with Crippen LogP contribution in [0.5, 0.6) is 0 Å². The zero-order valence-electron chi connectivity index (χ0n) is 13.5. The molecule has 0 atom stereocenters. The van der Waals surface area contributed by atoms with Gasteiger partial charge in [-0.1, -0.05) is 52.0 Å². The molecule has 0 N–H and O–H groups in total. The topological polar surface area (TPSA) is 52.0 Å². The highest BCUT2D eigenvalue weighted by Crippen LogP contribution is 2.21. The lowest BCUT2D eigenvalue weighted by Crippen LogP contribution is -2.28. The number of rotatable bonds is 5. The Morgan fingerprint density at radius 1 is 1.14 bits per heavy atom. The Hall–Kier alpha value is -2.23. The molecule has 0 aliphatic heterocycles. The highest BCUT2D eigenvalue weighted by Gasteiger charge is 2.11. The predicted octanol–water partition coefficient (Wildman–Crippen LogP) is 3.50. The van der Waals surface area contributed by atoms with Gasteiger partial charge in [-0.15, -0.1) is 0 Å². The number of aromatic nitrogens is 2. The molecular weight excluding hydrogens is 276 g/mol. The highest BCUT2D eigenvalue weighted by atomic mass is 16.1. The van der Waals surface area contributed by atoms with Gasteiger partial charge in [0.15, 0.2) is 6.29 Å². The van der Waals surface area contributed by atoms with Crippen LogP contribution in [0.25, 0.3) is 11.3 Å². The van der Waals surface area contributed by atoms with Crippen LogP contribution in [0.4, 0.5) is 0 Å². The number of aldehydes is 1. The Labute approximate surface area is 130 Å². The molecule has 0 aliphatic rings. The molecule has 1 heterocycles. The minimum absolute atomic E-state index is 0.151. The standard InChI is InChI=1S/C18H22N2O2/c1-12(2)10-20-18(22)16(11-21)9-17(19-20)15-7-5-14(6-8-15)13(3)4/h5-9,11-13H,10H2,1-4H3. The van der Waals surface area contributed by atoms with E-state index in [1.807, 2.05) is 26.0 Å². The molecule has 4 nitrogen and oxygen atoms in total. The monoisotopic (exact) mass is 298 g/mol. The molecule has 0 saturated carbocycles. The van der Waals surface area contributed by atoms with Crippen LogP contribution in [0, 0.1) is 5.92 Å². The van der Waals surface area contributed by atoms with Crippen LogP contribution in [0.3, 0.4) is 0 Å². The maximum Gasteiger partial charge on any atom is 0.277 e. The molecule has 0 unspecified atom stereocenters. The van der Waals surface area contributed by atoms with E-state index in [1.165, 1.54) is 10.2 Å². The molecular formula is C18H22N2O2. The molecule has 1 aromatic heterocycles. The second kappa shape index (κ2) is 6.69. The summed E-state index contributed by atoms with van der Waals surface area (Å²) in [4.78, 5) is 23.3. The van der Waals surface area contributed by atoms with Crippen LogP contribution in [0.1, 0.15) is 49.5 Å². The van der Waals surface area contributed by atoms with Gasteiger partial charge in [0, 0.05) is 12.1 Å². The van der Waals surface area contributed by atoms with E-state index in [0.29, 0.717) is 24.4 Å². The number of hydrogen-bond acceptors (Lipinski definition) is 3. The first-order chi connectivity index (χ1) is 10.4. The smallest absolute Gasteiger partial charge is 0.277 e. The van der Waals surface area contributed by atoms with Crippen molar-refractivity contribution in [3.8, 4) is 11.3 Å². The van der Waals surface area contributed by atoms with E-state index in [0.717, 1.165) is 5.56 Å². The summed E-state index contributed by atoms with van der Waals surface area (Å²) in [6.45, 7) is 8.80. The molecule has 2 aromatic rings. The summed E-state index contributed by atoms with van der Waals surface area (Å²) in [5, 5.41) is 4.41. The fourth-order valence-electron chi connectivity index (χ4n) is 2.30. The van der Waals surface area contributed by atoms with Gasteiger partial charge in [0.1, 0.15) is 0 Å². The molecule has 0 aliphatic carbocycles. The molecule has 0 bridgehead atoms. The Balaban J connectivity index is 2.50. The van der Waals surface area contributed by atoms with Crippen molar-refractivity contribution in [1.29, 1.82) is 0 Å². The number of carbonyl (C=O) groups is 1. The summed E-state index contributed by atoms with van der Waals surface area (Å²) in [6.07, 6.45) is 0.604. The van der Waals surface area contributed by atoms with Crippen molar-refractivity contribution < 1.29 is 4.79 Å². The Morgan fingerprint density at radius 3 is 2.27 bits per heavy atom. The third kappa shape index (κ3) is 3.50. The molecule has 0 spiro atoms. The van der Waals surface area contributed by atoms with Gasteiger partial charge in [-0.2, -0.15) is 5.10 Å². The molecule has 0 fully saturated rings. The lowest BCUT2D eigenvalue weighted by atomic mass is 10.0. The summed E-state index contributed by atoms with van der Waals surface area (Å²) < 4.78 is 1.39. The van der Waals surface area contributed by atoms with E-state index in [2.05, 4.69) is 31.1 Å². The number of nitrogens with zero attached hydrogens (tertiary/aromatic N) is 2. The predicted molar refractivity (Wildman–Crippen MR) is 88.2 cm³/mol. The summed E-state index contributed by atoms with van der Waals surface area (Å²) in [6, 6.07) is 9.64. The van der Waals surface area contributed by atoms with E-state index >= 15 is 0 Å². The summed E-state index contributed by atoms with van der Waals surface area (Å²) >= 11 is 0. The van der Waals surface area contributed by atoms with Crippen LogP contribution in [-0.4, -0.2) is 16.1 Å². The summed E-state index contributed by atoms with van der Waals surface area (Å²) in [7, 11) is 0. The van der Waals surface area contributed by atoms with E-state index < -0.39 is 0 Å². The normalized spacial score (nSPS) is 11.2. The van der Waals surface area contributed by atoms with Gasteiger partial charge in [0.05, 0.1) is 11.3 Å². The third-order valence-corrected chi connectivity index (χ3v) is 3.54. The van der Waals surface area contributed by atoms with Crippen LogP contribution in [0.2, 0.25) is 0 Å². The van der Waals surface area contributed by atoms with Gasteiger partial charge in [-0.05, 0) is 23.5 Å². The lowest BCUT2D eigenvalue weighted by molar-refractivity contribution is 0.112. The largest absolute Gasteiger partial charge is 0.298 e. The van der Waals surface area contributed by atoms with E-state index in [1.54, 1.807) is 6.07 Å². The Kier molecular flexibility index (Phi) is 4.91. The molecule has 4 heteroatoms. The van der Waals surface area contributed by atoms with Crippen molar-refractivity contribution in [2.24, 2.45) is 5.92 Å². The molecule has 116 valence electrons. The SMILES string of the molecule is CC(C)Cn1nc(-c2ccc(C(C)C)cc2)cc(C=O)c1=O. The minimum atomic E-state index is -0.328. The molecule has 2 rings (SSSR count). The van der Waals surface area contributed by atoms with Crippen LogP contribution < -0.4 is 5.56 Å². The fourth-order valence-corrected chi connectivity index (χ4v) is 2.30. The van der Waals surface area contributed by atoms with E-state index in [9.17, 15) is 9.59 Å². The molecule has 0 radical (unpaired) electrons. The highest BCUT2D eigenvalue weighted by molar-refractivity contribution is 5.76. The average molecular weight is 298 g/mol. The van der Waals surface area contributed by atoms with Gasteiger partial charge >= 0.3 is 0 Å². The first-order valence-electron chi connectivity index (χ1n) is 7.60. The van der Waals surface area contributed by atoms with Gasteiger partial charge < -0.3 is 0 Å². The fraction of sp³-hybridized carbons (Fsp3) is 0.389. The van der Waals surface area contributed by atoms with Gasteiger partial charge in [0.2, 0.25) is 0 Å². The first kappa shape index (κ1) is 16.1. The second-order valence-corrected chi connectivity index (χ2v) is 6.26. The number of hydrogen-bond donors (Lipinski definition) is 0. The van der Waals surface area contributed by atoms with Crippen LogP contribution in [-0.2, 0) is 6.54 Å². The summed E-state index contributed by atoms with van der Waals surface area (Å²) in [5.74, 6) is 0.741. The third-order valence-electron chi connectivity index (χ3n) is 3.54. The van der Waals surface area contributed by atoms with Crippen molar-refractivity contribution in [2.45, 2.75) is 40.2 Å². The lowest BCUT2D eigenvalue weighted by Gasteiger charge is -2.11. The van der Waals surface area contributed by atoms with Crippen LogP contribution in [0.15, 0.2) is 35.1 Å². The maximum atomic E-state index is 12.1. The van der Waals surface area contributed by atoms with E-state index in [4.69, 9.17) is 0 Å². The number of benzene rings is 1. The molecule has 1 aromatic carbocycles. The van der Waals surface area contributed by atoms with Crippen LogP contribution >= 0.6 is 0 Å². The Bertz CT molecular complexity index is 713. The molecule has 22 heavy (non-hydrogen) atoms. The molecule has 0 amide bonds. The van der Waals surface area contributed by atoms with Gasteiger partial charge in [0.25, 0.3) is 5.56 Å². The van der Waals surface area contributed by atoms with Crippen molar-refractivity contribution >= 4 is 6.29 Å². The molecule has 0 saturated heterocycles. The quantitative estimate of drug-likeness (QED) is 0.794. The Morgan fingerprint density at radius 2 is 1.77 bits per heavy atom. The number of carbonyl (C=O) groups excluding carboxylic acids is 1. The van der Waals surface area contributed by atoms with Crippen molar-refractivity contribution in [1.82, 2.24) is 9.78 Å². The van der Waals surface area contributed by atoms with Crippen molar-refractivity contribution in [2.75, 3.05) is 0 Å². The van der Waals surface area contributed by atoms with Crippen molar-refractivity contribution in [3.05, 3.63) is 51.8 Å². The first-order valence-corrected chi connectivity index (χ1v) is 7.60. The average Bonchev–Trinajstić information content (AvgIpc) is 2.49.